The molecule has 1 aliphatic heterocycles. The highest BCUT2D eigenvalue weighted by Crippen LogP contribution is 2.56. The van der Waals surface area contributed by atoms with Crippen molar-refractivity contribution in [2.45, 2.75) is 58.1 Å². The number of hydrogen-bond acceptors (Lipinski definition) is 5. The molecule has 1 aromatic carbocycles. The number of aryl methyl sites for hydroxylation is 2. The van der Waals surface area contributed by atoms with E-state index >= 15 is 0 Å². The van der Waals surface area contributed by atoms with E-state index in [0.29, 0.717) is 24.1 Å². The van der Waals surface area contributed by atoms with Gasteiger partial charge < -0.3 is 9.47 Å². The van der Waals surface area contributed by atoms with Crippen LogP contribution in [-0.2, 0) is 9.53 Å². The topological polar surface area (TPSA) is 64.6 Å². The highest BCUT2D eigenvalue weighted by molar-refractivity contribution is 9.10. The van der Waals surface area contributed by atoms with Gasteiger partial charge >= 0.3 is 12.8 Å². The van der Waals surface area contributed by atoms with Crippen molar-refractivity contribution in [3.63, 3.8) is 0 Å². The maximum atomic E-state index is 14.8. The Kier molecular flexibility index (Phi) is 8.97. The molecule has 0 saturated carbocycles. The van der Waals surface area contributed by atoms with Crippen molar-refractivity contribution in [2.24, 2.45) is 5.92 Å². The Balaban J connectivity index is 2.00. The van der Waals surface area contributed by atoms with Crippen LogP contribution in [0.5, 0.6) is 5.75 Å². The second-order valence-corrected chi connectivity index (χ2v) is 11.5. The second-order valence-electron chi connectivity index (χ2n) is 9.88. The zero-order chi connectivity index (χ0) is 31.3. The first-order valence-corrected chi connectivity index (χ1v) is 13.8. The summed E-state index contributed by atoms with van der Waals surface area (Å²) in [7, 11) is 0. The van der Waals surface area contributed by atoms with Crippen LogP contribution in [0.15, 0.2) is 45.9 Å². The van der Waals surface area contributed by atoms with Gasteiger partial charge in [-0.3, -0.25) is 9.69 Å². The number of benzene rings is 1. The molecule has 0 radical (unpaired) electrons. The first-order chi connectivity index (χ1) is 19.5. The number of amides is 1. The van der Waals surface area contributed by atoms with E-state index in [0.717, 1.165) is 17.9 Å². The summed E-state index contributed by atoms with van der Waals surface area (Å²) in [5.74, 6) is -9.15. The number of pyridine rings is 2. The van der Waals surface area contributed by atoms with Crippen LogP contribution in [0.1, 0.15) is 36.5 Å². The fourth-order valence-electron chi connectivity index (χ4n) is 4.98. The molecule has 42 heavy (non-hydrogen) atoms. The Morgan fingerprint density at radius 2 is 1.57 bits per heavy atom. The lowest BCUT2D eigenvalue weighted by Gasteiger charge is -2.32. The molecule has 0 bridgehead atoms. The standard InChI is InChI=1S/C27H22Br2F7N3O3/c1-11-9-37-18(28)7-16(11)39(17-8-19(29)38-10-12(17)2)24(40)23-20(13(3)26(4,42-23)27(34,35)36)14-5-6-15(30)21(31)22(14)41-25(32)33/h5-10,13,20,23,25H,1-4H3. The number of anilines is 2. The molecule has 4 unspecified atom stereocenters. The zero-order valence-electron chi connectivity index (χ0n) is 22.2. The predicted molar refractivity (Wildman–Crippen MR) is 145 cm³/mol. The third kappa shape index (κ3) is 5.74. The summed E-state index contributed by atoms with van der Waals surface area (Å²) in [6.45, 7) is 1.37. The smallest absolute Gasteiger partial charge is 0.417 e. The first kappa shape index (κ1) is 32.1. The fourth-order valence-corrected chi connectivity index (χ4v) is 5.62. The summed E-state index contributed by atoms with van der Waals surface area (Å²) >= 11 is 6.47. The van der Waals surface area contributed by atoms with Crippen LogP contribution in [0.25, 0.3) is 0 Å². The van der Waals surface area contributed by atoms with E-state index in [2.05, 4.69) is 46.6 Å². The van der Waals surface area contributed by atoms with Gasteiger partial charge in [-0.15, -0.1) is 0 Å². The SMILES string of the molecule is Cc1cnc(Br)cc1N(C(=O)C1OC(C)(C(F)(F)F)C(C)C1c1ccc(F)c(F)c1OC(F)F)c1cc(Br)ncc1C. The summed E-state index contributed by atoms with van der Waals surface area (Å²) in [6, 6.07) is 4.29. The lowest BCUT2D eigenvalue weighted by Crippen LogP contribution is -2.47. The van der Waals surface area contributed by atoms with Crippen LogP contribution in [0, 0.1) is 31.4 Å². The van der Waals surface area contributed by atoms with Crippen LogP contribution >= 0.6 is 31.9 Å². The van der Waals surface area contributed by atoms with Gasteiger partial charge in [0.25, 0.3) is 5.91 Å². The van der Waals surface area contributed by atoms with Crippen molar-refractivity contribution >= 4 is 49.1 Å². The van der Waals surface area contributed by atoms with Gasteiger partial charge in [-0.1, -0.05) is 13.0 Å². The molecule has 1 fully saturated rings. The summed E-state index contributed by atoms with van der Waals surface area (Å²) in [4.78, 5) is 23.8. The van der Waals surface area contributed by atoms with Gasteiger partial charge in [0.15, 0.2) is 17.2 Å². The molecule has 1 amide bonds. The third-order valence-electron chi connectivity index (χ3n) is 7.34. The van der Waals surface area contributed by atoms with Crippen LogP contribution in [0.2, 0.25) is 0 Å². The van der Waals surface area contributed by atoms with Gasteiger partial charge in [0.05, 0.1) is 11.4 Å². The van der Waals surface area contributed by atoms with Crippen molar-refractivity contribution < 1.29 is 45.0 Å². The average Bonchev–Trinajstić information content (AvgIpc) is 3.17. The van der Waals surface area contributed by atoms with Crippen LogP contribution in [0.4, 0.5) is 42.1 Å². The Labute approximate surface area is 252 Å². The molecular weight excluding hydrogens is 707 g/mol. The lowest BCUT2D eigenvalue weighted by molar-refractivity contribution is -0.272. The molecule has 2 aromatic heterocycles. The van der Waals surface area contributed by atoms with Crippen LogP contribution in [0.3, 0.4) is 0 Å². The van der Waals surface area contributed by atoms with Crippen molar-refractivity contribution in [2.75, 3.05) is 4.90 Å². The second kappa shape index (κ2) is 11.7. The highest BCUT2D eigenvalue weighted by atomic mass is 79.9. The Morgan fingerprint density at radius 3 is 2.05 bits per heavy atom. The molecule has 0 spiro atoms. The molecule has 1 saturated heterocycles. The predicted octanol–water partition coefficient (Wildman–Crippen LogP) is 8.30. The van der Waals surface area contributed by atoms with Crippen LogP contribution < -0.4 is 9.64 Å². The third-order valence-corrected chi connectivity index (χ3v) is 8.21. The Hall–Kier alpha value is -2.78. The molecule has 226 valence electrons. The minimum absolute atomic E-state index is 0.202. The van der Waals surface area contributed by atoms with Crippen LogP contribution in [-0.4, -0.2) is 40.4 Å². The molecule has 15 heteroatoms. The maximum absolute atomic E-state index is 14.8. The largest absolute Gasteiger partial charge is 0.431 e. The number of carbonyl (C=O) groups excluding carboxylic acids is 1. The van der Waals surface area contributed by atoms with Crippen molar-refractivity contribution in [3.05, 3.63) is 74.2 Å². The Bertz CT molecular complexity index is 1470. The maximum Gasteiger partial charge on any atom is 0.417 e. The summed E-state index contributed by atoms with van der Waals surface area (Å²) < 4.78 is 109. The zero-order valence-corrected chi connectivity index (χ0v) is 25.4. The van der Waals surface area contributed by atoms with Crippen molar-refractivity contribution in [3.8, 4) is 5.75 Å². The number of halogens is 9. The fraction of sp³-hybridized carbons (Fsp3) is 0.370. The lowest BCUT2D eigenvalue weighted by atomic mass is 9.76. The minimum atomic E-state index is -5.06. The molecule has 0 aliphatic carbocycles. The van der Waals surface area contributed by atoms with Gasteiger partial charge in [-0.2, -0.15) is 26.3 Å². The Morgan fingerprint density at radius 1 is 1.05 bits per heavy atom. The first-order valence-electron chi connectivity index (χ1n) is 12.2. The number of alkyl halides is 5. The molecule has 6 nitrogen and oxygen atoms in total. The van der Waals surface area contributed by atoms with E-state index in [1.54, 1.807) is 13.8 Å². The van der Waals surface area contributed by atoms with Gasteiger partial charge in [-0.25, -0.2) is 14.4 Å². The normalized spacial score (nSPS) is 22.5. The average molecular weight is 729 g/mol. The van der Waals surface area contributed by atoms with Gasteiger partial charge in [0.2, 0.25) is 5.82 Å². The van der Waals surface area contributed by atoms with Gasteiger partial charge in [0, 0.05) is 29.8 Å². The molecule has 0 N–H and O–H groups in total. The molecule has 3 heterocycles. The summed E-state index contributed by atoms with van der Waals surface area (Å²) in [5.41, 5.74) is -2.31. The van der Waals surface area contributed by atoms with E-state index in [1.807, 2.05) is 0 Å². The van der Waals surface area contributed by atoms with E-state index < -0.39 is 65.2 Å². The quantitative estimate of drug-likeness (QED) is 0.189. The van der Waals surface area contributed by atoms with Gasteiger partial charge in [-0.05, 0) is 82.0 Å². The molecule has 3 aromatic rings. The van der Waals surface area contributed by atoms with Crippen molar-refractivity contribution in [1.82, 2.24) is 9.97 Å². The molecular formula is C27H22Br2F7N3O3. The van der Waals surface area contributed by atoms with E-state index in [1.165, 1.54) is 24.5 Å². The molecule has 4 rings (SSSR count). The number of aromatic nitrogens is 2. The van der Waals surface area contributed by atoms with E-state index in [9.17, 15) is 35.5 Å². The number of ether oxygens (including phenoxy) is 2. The number of hydrogen-bond donors (Lipinski definition) is 0. The van der Waals surface area contributed by atoms with E-state index in [4.69, 9.17) is 4.74 Å². The van der Waals surface area contributed by atoms with E-state index in [-0.39, 0.29) is 20.6 Å². The highest BCUT2D eigenvalue weighted by Gasteiger charge is 2.66. The number of nitrogens with zero attached hydrogens (tertiary/aromatic N) is 3. The number of carbonyl (C=O) groups is 1. The minimum Gasteiger partial charge on any atom is -0.431 e. The van der Waals surface area contributed by atoms with Crippen molar-refractivity contribution in [1.29, 1.82) is 0 Å². The monoisotopic (exact) mass is 727 g/mol. The number of rotatable bonds is 6. The molecule has 1 aliphatic rings. The van der Waals surface area contributed by atoms with Gasteiger partial charge in [0.1, 0.15) is 15.3 Å². The molecule has 4 atom stereocenters. The summed E-state index contributed by atoms with van der Waals surface area (Å²) in [5, 5.41) is 0. The summed E-state index contributed by atoms with van der Waals surface area (Å²) in [6.07, 6.45) is -4.25.